The van der Waals surface area contributed by atoms with Crippen molar-refractivity contribution in [1.29, 1.82) is 0 Å². The van der Waals surface area contributed by atoms with Crippen molar-refractivity contribution in [2.75, 3.05) is 19.8 Å². The molecule has 0 aromatic carbocycles. The van der Waals surface area contributed by atoms with E-state index in [4.69, 9.17) is 20.3 Å². The molecular formula is C8H16N2O4. The first-order valence-corrected chi connectivity index (χ1v) is 4.36. The minimum absolute atomic E-state index is 0.180. The van der Waals surface area contributed by atoms with Crippen molar-refractivity contribution in [1.82, 2.24) is 5.32 Å². The molecule has 82 valence electrons. The zero-order valence-corrected chi connectivity index (χ0v) is 8.37. The molecule has 4 N–H and O–H groups in total. The van der Waals surface area contributed by atoms with Gasteiger partial charge in [-0.2, -0.15) is 0 Å². The van der Waals surface area contributed by atoms with Crippen molar-refractivity contribution >= 4 is 6.03 Å². The van der Waals surface area contributed by atoms with Gasteiger partial charge in [0, 0.05) is 0 Å². The van der Waals surface area contributed by atoms with Gasteiger partial charge in [0.2, 0.25) is 0 Å². The van der Waals surface area contributed by atoms with Crippen molar-refractivity contribution in [2.45, 2.75) is 25.2 Å². The zero-order valence-electron chi connectivity index (χ0n) is 8.37. The van der Waals surface area contributed by atoms with Crippen LogP contribution in [0.2, 0.25) is 0 Å². The monoisotopic (exact) mass is 204 g/mol. The Hall–Kier alpha value is -0.850. The maximum atomic E-state index is 10.7. The number of carbonyl (C=O) groups is 1. The highest BCUT2D eigenvalue weighted by Gasteiger charge is 2.40. The largest absolute Gasteiger partial charge is 0.394 e. The minimum Gasteiger partial charge on any atom is -0.394 e. The summed E-state index contributed by atoms with van der Waals surface area (Å²) >= 11 is 0. The Morgan fingerprint density at radius 1 is 1.50 bits per heavy atom. The standard InChI is InChI=1S/C8H16N2O4/c1-7(2)13-4-8(3-11,5-14-7)10-6(9)12/h11H,3-5H2,1-2H3,(H3,9,10,12). The number of aliphatic hydroxyl groups is 1. The number of primary amides is 1. The molecule has 1 heterocycles. The molecule has 0 saturated carbocycles. The summed E-state index contributed by atoms with van der Waals surface area (Å²) in [7, 11) is 0. The molecule has 0 spiro atoms. The van der Waals surface area contributed by atoms with Crippen molar-refractivity contribution < 1.29 is 19.4 Å². The summed E-state index contributed by atoms with van der Waals surface area (Å²) in [5.74, 6) is -0.683. The molecular weight excluding hydrogens is 188 g/mol. The fraction of sp³-hybridized carbons (Fsp3) is 0.875. The van der Waals surface area contributed by atoms with E-state index in [9.17, 15) is 4.79 Å². The maximum absolute atomic E-state index is 10.7. The molecule has 0 bridgehead atoms. The normalized spacial score (nSPS) is 24.2. The third-order valence-electron chi connectivity index (χ3n) is 2.08. The van der Waals surface area contributed by atoms with Crippen LogP contribution >= 0.6 is 0 Å². The van der Waals surface area contributed by atoms with E-state index in [0.717, 1.165) is 0 Å². The van der Waals surface area contributed by atoms with E-state index >= 15 is 0 Å². The first-order chi connectivity index (χ1) is 6.39. The van der Waals surface area contributed by atoms with Gasteiger partial charge >= 0.3 is 6.03 Å². The second kappa shape index (κ2) is 3.72. The third-order valence-corrected chi connectivity index (χ3v) is 2.08. The zero-order chi connectivity index (χ0) is 10.8. The number of nitrogens with one attached hydrogen (secondary N) is 1. The molecule has 1 aliphatic heterocycles. The lowest BCUT2D eigenvalue weighted by Crippen LogP contribution is -2.64. The molecule has 0 aromatic heterocycles. The quantitative estimate of drug-likeness (QED) is 0.547. The van der Waals surface area contributed by atoms with E-state index in [2.05, 4.69) is 5.32 Å². The van der Waals surface area contributed by atoms with E-state index in [1.165, 1.54) is 0 Å². The van der Waals surface area contributed by atoms with Crippen LogP contribution in [0.4, 0.5) is 4.79 Å². The van der Waals surface area contributed by atoms with Crippen LogP contribution in [0.5, 0.6) is 0 Å². The lowest BCUT2D eigenvalue weighted by molar-refractivity contribution is -0.273. The summed E-state index contributed by atoms with van der Waals surface area (Å²) in [6, 6.07) is -0.703. The third kappa shape index (κ3) is 2.57. The number of amides is 2. The number of ether oxygens (including phenoxy) is 2. The molecule has 0 atom stereocenters. The van der Waals surface area contributed by atoms with E-state index < -0.39 is 17.4 Å². The summed E-state index contributed by atoms with van der Waals surface area (Å²) in [6.07, 6.45) is 0. The van der Waals surface area contributed by atoms with Crippen LogP contribution < -0.4 is 11.1 Å². The number of aliphatic hydroxyl groups excluding tert-OH is 1. The highest BCUT2D eigenvalue weighted by Crippen LogP contribution is 2.22. The van der Waals surface area contributed by atoms with Gasteiger partial charge in [-0.15, -0.1) is 0 Å². The molecule has 0 aliphatic carbocycles. The molecule has 1 fully saturated rings. The topological polar surface area (TPSA) is 93.8 Å². The number of hydrogen-bond donors (Lipinski definition) is 3. The van der Waals surface area contributed by atoms with Crippen molar-refractivity contribution in [3.63, 3.8) is 0 Å². The number of rotatable bonds is 2. The van der Waals surface area contributed by atoms with Crippen LogP contribution in [0.15, 0.2) is 0 Å². The van der Waals surface area contributed by atoms with Crippen molar-refractivity contribution in [3.8, 4) is 0 Å². The number of carbonyl (C=O) groups excluding carboxylic acids is 1. The molecule has 0 unspecified atom stereocenters. The predicted molar refractivity (Wildman–Crippen MR) is 48.5 cm³/mol. The van der Waals surface area contributed by atoms with Gasteiger partial charge in [0.05, 0.1) is 19.8 Å². The molecule has 0 radical (unpaired) electrons. The van der Waals surface area contributed by atoms with Gasteiger partial charge in [0.15, 0.2) is 5.79 Å². The molecule has 1 saturated heterocycles. The number of nitrogens with two attached hydrogens (primary N) is 1. The lowest BCUT2D eigenvalue weighted by Gasteiger charge is -2.42. The van der Waals surface area contributed by atoms with Gasteiger partial charge in [-0.3, -0.25) is 0 Å². The Bertz CT molecular complexity index is 219. The first kappa shape index (κ1) is 11.2. The first-order valence-electron chi connectivity index (χ1n) is 4.36. The van der Waals surface area contributed by atoms with Gasteiger partial charge in [-0.25, -0.2) is 4.79 Å². The fourth-order valence-electron chi connectivity index (χ4n) is 1.17. The second-order valence-electron chi connectivity index (χ2n) is 3.90. The van der Waals surface area contributed by atoms with E-state index in [1.807, 2.05) is 0 Å². The van der Waals surface area contributed by atoms with E-state index in [-0.39, 0.29) is 19.8 Å². The van der Waals surface area contributed by atoms with Gasteiger partial charge < -0.3 is 25.6 Å². The van der Waals surface area contributed by atoms with Crippen molar-refractivity contribution in [2.24, 2.45) is 5.73 Å². The van der Waals surface area contributed by atoms with Gasteiger partial charge in [-0.1, -0.05) is 0 Å². The maximum Gasteiger partial charge on any atom is 0.312 e. The summed E-state index contributed by atoms with van der Waals surface area (Å²) in [5.41, 5.74) is 4.06. The summed E-state index contributed by atoms with van der Waals surface area (Å²) < 4.78 is 10.6. The average Bonchev–Trinajstić information content (AvgIpc) is 2.09. The van der Waals surface area contributed by atoms with Gasteiger partial charge in [0.1, 0.15) is 5.54 Å². The molecule has 6 heteroatoms. The molecule has 6 nitrogen and oxygen atoms in total. The Kier molecular flexibility index (Phi) is 2.98. The highest BCUT2D eigenvalue weighted by atomic mass is 16.7. The van der Waals surface area contributed by atoms with Crippen LogP contribution in [-0.2, 0) is 9.47 Å². The Balaban J connectivity index is 2.61. The Morgan fingerprint density at radius 2 is 2.00 bits per heavy atom. The van der Waals surface area contributed by atoms with Crippen LogP contribution in [0.3, 0.4) is 0 Å². The van der Waals surface area contributed by atoms with E-state index in [0.29, 0.717) is 0 Å². The second-order valence-corrected chi connectivity index (χ2v) is 3.90. The molecule has 1 rings (SSSR count). The highest BCUT2D eigenvalue weighted by molar-refractivity contribution is 5.72. The smallest absolute Gasteiger partial charge is 0.312 e. The molecule has 0 aromatic rings. The Labute approximate surface area is 82.4 Å². The van der Waals surface area contributed by atoms with Crippen LogP contribution in [0.25, 0.3) is 0 Å². The molecule has 14 heavy (non-hydrogen) atoms. The number of hydrogen-bond acceptors (Lipinski definition) is 4. The van der Waals surface area contributed by atoms with E-state index in [1.54, 1.807) is 13.8 Å². The summed E-state index contributed by atoms with van der Waals surface area (Å²) in [5, 5.41) is 11.6. The molecule has 2 amide bonds. The van der Waals surface area contributed by atoms with Gasteiger partial charge in [-0.05, 0) is 13.8 Å². The van der Waals surface area contributed by atoms with Gasteiger partial charge in [0.25, 0.3) is 0 Å². The Morgan fingerprint density at radius 3 is 2.36 bits per heavy atom. The van der Waals surface area contributed by atoms with Crippen LogP contribution in [0.1, 0.15) is 13.8 Å². The average molecular weight is 204 g/mol. The van der Waals surface area contributed by atoms with Crippen LogP contribution in [-0.4, -0.2) is 42.3 Å². The fourth-order valence-corrected chi connectivity index (χ4v) is 1.17. The SMILES string of the molecule is CC1(C)OCC(CO)(NC(N)=O)CO1. The van der Waals surface area contributed by atoms with Crippen LogP contribution in [0, 0.1) is 0 Å². The lowest BCUT2D eigenvalue weighted by atomic mass is 10.0. The van der Waals surface area contributed by atoms with Crippen molar-refractivity contribution in [3.05, 3.63) is 0 Å². The molecule has 1 aliphatic rings. The minimum atomic E-state index is -0.915. The summed E-state index contributed by atoms with van der Waals surface area (Å²) in [4.78, 5) is 10.7. The summed E-state index contributed by atoms with van der Waals surface area (Å²) in [6.45, 7) is 3.61. The predicted octanol–water partition coefficient (Wildman–Crippen LogP) is -0.831. The number of urea groups is 1.